The standard InChI is InChI=1S/C30H31N5O4/c36-27-11-10-25(28(37)33-27)35-19-21-17-22(8-9-23(21)29(35)38)30(39)12-15-34(16-13-30)18-20-5-1-2-6-24(20)32-26-7-3-4-14-31-26/h1-9,14,17,25,39H,10-13,15-16,18-19H2,(H,31,32)(H,33,36,37). The second kappa shape index (κ2) is 10.2. The fourth-order valence-electron chi connectivity index (χ4n) is 5.83. The first-order valence-electron chi connectivity index (χ1n) is 13.4. The average Bonchev–Trinajstić information content (AvgIpc) is 3.27. The Kier molecular flexibility index (Phi) is 6.62. The van der Waals surface area contributed by atoms with Gasteiger partial charge in [0.1, 0.15) is 11.9 Å². The molecule has 3 aromatic rings. The Morgan fingerprint density at radius 1 is 1.03 bits per heavy atom. The van der Waals surface area contributed by atoms with Crippen molar-refractivity contribution in [2.75, 3.05) is 18.4 Å². The van der Waals surface area contributed by atoms with Gasteiger partial charge >= 0.3 is 0 Å². The number of rotatable bonds is 6. The first-order valence-corrected chi connectivity index (χ1v) is 13.4. The van der Waals surface area contributed by atoms with E-state index in [2.05, 4.69) is 26.6 Å². The third-order valence-electron chi connectivity index (χ3n) is 8.08. The van der Waals surface area contributed by atoms with Crippen LogP contribution in [-0.4, -0.2) is 56.7 Å². The number of anilines is 2. The van der Waals surface area contributed by atoms with E-state index in [-0.39, 0.29) is 18.2 Å². The third-order valence-corrected chi connectivity index (χ3v) is 8.08. The van der Waals surface area contributed by atoms with Crippen LogP contribution in [0.4, 0.5) is 11.5 Å². The van der Waals surface area contributed by atoms with E-state index in [4.69, 9.17) is 0 Å². The summed E-state index contributed by atoms with van der Waals surface area (Å²) in [6.45, 7) is 2.52. The molecule has 0 saturated carbocycles. The van der Waals surface area contributed by atoms with Crippen LogP contribution in [0.1, 0.15) is 52.7 Å². The molecule has 9 nitrogen and oxygen atoms in total. The summed E-state index contributed by atoms with van der Waals surface area (Å²) in [4.78, 5) is 45.2. The molecule has 1 aromatic heterocycles. The first-order chi connectivity index (χ1) is 18.9. The topological polar surface area (TPSA) is 115 Å². The van der Waals surface area contributed by atoms with Gasteiger partial charge < -0.3 is 15.3 Å². The van der Waals surface area contributed by atoms with Crippen LogP contribution < -0.4 is 10.6 Å². The number of hydrogen-bond acceptors (Lipinski definition) is 7. The molecule has 0 radical (unpaired) electrons. The van der Waals surface area contributed by atoms with Crippen molar-refractivity contribution in [3.8, 4) is 0 Å². The molecule has 3 aliphatic heterocycles. The zero-order valence-corrected chi connectivity index (χ0v) is 21.6. The summed E-state index contributed by atoms with van der Waals surface area (Å²) in [6.07, 6.45) is 3.47. The van der Waals surface area contributed by atoms with Gasteiger partial charge in [0.2, 0.25) is 11.8 Å². The van der Waals surface area contributed by atoms with Crippen LogP contribution in [0.25, 0.3) is 0 Å². The molecule has 2 aromatic carbocycles. The summed E-state index contributed by atoms with van der Waals surface area (Å²) in [5.74, 6) is -0.130. The van der Waals surface area contributed by atoms with Crippen molar-refractivity contribution in [3.63, 3.8) is 0 Å². The number of piperidine rings is 2. The third kappa shape index (κ3) is 5.03. The molecule has 3 N–H and O–H groups in total. The molecule has 39 heavy (non-hydrogen) atoms. The Labute approximate surface area is 226 Å². The zero-order chi connectivity index (χ0) is 27.0. The Hall–Kier alpha value is -4.08. The van der Waals surface area contributed by atoms with Crippen molar-refractivity contribution in [1.82, 2.24) is 20.1 Å². The number of pyridine rings is 1. The van der Waals surface area contributed by atoms with Crippen LogP contribution in [0.3, 0.4) is 0 Å². The monoisotopic (exact) mass is 525 g/mol. The van der Waals surface area contributed by atoms with E-state index in [1.807, 2.05) is 48.5 Å². The van der Waals surface area contributed by atoms with E-state index in [1.165, 1.54) is 0 Å². The molecule has 9 heteroatoms. The molecule has 2 saturated heterocycles. The van der Waals surface area contributed by atoms with Crippen molar-refractivity contribution in [2.24, 2.45) is 0 Å². The quantitative estimate of drug-likeness (QED) is 0.424. The highest BCUT2D eigenvalue weighted by Gasteiger charge is 2.40. The number of imide groups is 1. The Morgan fingerprint density at radius 2 is 1.82 bits per heavy atom. The molecule has 200 valence electrons. The summed E-state index contributed by atoms with van der Waals surface area (Å²) in [6, 6.07) is 18.8. The molecule has 0 spiro atoms. The lowest BCUT2D eigenvalue weighted by atomic mass is 9.83. The van der Waals surface area contributed by atoms with Gasteiger partial charge in [-0.05, 0) is 60.2 Å². The number of hydrogen-bond donors (Lipinski definition) is 3. The van der Waals surface area contributed by atoms with Crippen LogP contribution in [-0.2, 0) is 28.3 Å². The van der Waals surface area contributed by atoms with Gasteiger partial charge in [-0.25, -0.2) is 4.98 Å². The lowest BCUT2D eigenvalue weighted by Gasteiger charge is -2.39. The molecule has 6 rings (SSSR count). The molecule has 1 unspecified atom stereocenters. The number of aliphatic hydroxyl groups is 1. The molecule has 2 fully saturated rings. The summed E-state index contributed by atoms with van der Waals surface area (Å²) < 4.78 is 0. The summed E-state index contributed by atoms with van der Waals surface area (Å²) >= 11 is 0. The summed E-state index contributed by atoms with van der Waals surface area (Å²) in [5, 5.41) is 17.4. The van der Waals surface area contributed by atoms with Crippen molar-refractivity contribution in [3.05, 3.63) is 89.1 Å². The zero-order valence-electron chi connectivity index (χ0n) is 21.6. The molecule has 4 heterocycles. The number of fused-ring (bicyclic) bond motifs is 1. The van der Waals surface area contributed by atoms with Crippen molar-refractivity contribution >= 4 is 29.2 Å². The number of likely N-dealkylation sites (tertiary alicyclic amines) is 1. The molecular weight excluding hydrogens is 494 g/mol. The number of para-hydroxylation sites is 1. The van der Waals surface area contributed by atoms with E-state index < -0.39 is 17.6 Å². The first kappa shape index (κ1) is 25.2. The van der Waals surface area contributed by atoms with E-state index in [0.717, 1.165) is 47.8 Å². The van der Waals surface area contributed by atoms with Gasteiger partial charge in [0.25, 0.3) is 5.91 Å². The van der Waals surface area contributed by atoms with Crippen LogP contribution in [0, 0.1) is 0 Å². The predicted molar refractivity (Wildman–Crippen MR) is 145 cm³/mol. The van der Waals surface area contributed by atoms with Crippen molar-refractivity contribution < 1.29 is 19.5 Å². The van der Waals surface area contributed by atoms with Crippen LogP contribution in [0.15, 0.2) is 66.9 Å². The maximum absolute atomic E-state index is 13.0. The normalized spacial score (nSPS) is 21.0. The van der Waals surface area contributed by atoms with Crippen LogP contribution in [0.2, 0.25) is 0 Å². The fourth-order valence-corrected chi connectivity index (χ4v) is 5.83. The Bertz CT molecular complexity index is 1420. The number of carbonyl (C=O) groups is 3. The molecule has 0 aliphatic carbocycles. The lowest BCUT2D eigenvalue weighted by molar-refractivity contribution is -0.136. The smallest absolute Gasteiger partial charge is 0.255 e. The van der Waals surface area contributed by atoms with Gasteiger partial charge in [-0.15, -0.1) is 0 Å². The van der Waals surface area contributed by atoms with Gasteiger partial charge in [0.15, 0.2) is 0 Å². The SMILES string of the molecule is O=C1CCC(N2Cc3cc(C4(O)CCN(Cc5ccccc5Nc5ccccn5)CC4)ccc3C2=O)C(=O)N1. The van der Waals surface area contributed by atoms with E-state index in [9.17, 15) is 19.5 Å². The minimum Gasteiger partial charge on any atom is -0.385 e. The minimum atomic E-state index is -0.984. The molecule has 3 aliphatic rings. The van der Waals surface area contributed by atoms with Crippen LogP contribution in [0.5, 0.6) is 0 Å². The number of benzene rings is 2. The lowest BCUT2D eigenvalue weighted by Crippen LogP contribution is -2.52. The van der Waals surface area contributed by atoms with Crippen molar-refractivity contribution in [1.29, 1.82) is 0 Å². The van der Waals surface area contributed by atoms with E-state index in [1.54, 1.807) is 17.2 Å². The van der Waals surface area contributed by atoms with E-state index >= 15 is 0 Å². The highest BCUT2D eigenvalue weighted by atomic mass is 16.3. The van der Waals surface area contributed by atoms with Gasteiger partial charge in [-0.3, -0.25) is 24.6 Å². The largest absolute Gasteiger partial charge is 0.385 e. The molecular formula is C30H31N5O4. The Balaban J connectivity index is 1.11. The Morgan fingerprint density at radius 3 is 2.59 bits per heavy atom. The number of nitrogens with one attached hydrogen (secondary N) is 2. The highest BCUT2D eigenvalue weighted by molar-refractivity contribution is 6.05. The fraction of sp³-hybridized carbons (Fsp3) is 0.333. The second-order valence-electron chi connectivity index (χ2n) is 10.6. The molecule has 1 atom stereocenters. The highest BCUT2D eigenvalue weighted by Crippen LogP contribution is 2.37. The van der Waals surface area contributed by atoms with Gasteiger partial charge in [0, 0.05) is 50.0 Å². The minimum absolute atomic E-state index is 0.203. The number of amides is 3. The van der Waals surface area contributed by atoms with E-state index in [0.29, 0.717) is 31.4 Å². The number of nitrogens with zero attached hydrogens (tertiary/aromatic N) is 3. The van der Waals surface area contributed by atoms with Crippen LogP contribution >= 0.6 is 0 Å². The van der Waals surface area contributed by atoms with Crippen molar-refractivity contribution in [2.45, 2.75) is 50.4 Å². The molecule has 0 bridgehead atoms. The molecule has 3 amide bonds. The average molecular weight is 526 g/mol. The maximum Gasteiger partial charge on any atom is 0.255 e. The summed E-state index contributed by atoms with van der Waals surface area (Å²) in [7, 11) is 0. The predicted octanol–water partition coefficient (Wildman–Crippen LogP) is 3.07. The van der Waals surface area contributed by atoms with Gasteiger partial charge in [-0.2, -0.15) is 0 Å². The van der Waals surface area contributed by atoms with Gasteiger partial charge in [-0.1, -0.05) is 36.4 Å². The van der Waals surface area contributed by atoms with Gasteiger partial charge in [0.05, 0.1) is 5.60 Å². The second-order valence-corrected chi connectivity index (χ2v) is 10.6. The summed E-state index contributed by atoms with van der Waals surface area (Å²) in [5.41, 5.74) is 3.37. The number of aromatic nitrogens is 1. The maximum atomic E-state index is 13.0. The number of carbonyl (C=O) groups excluding carboxylic acids is 3.